The number of likely N-dealkylation sites (N-methyl/N-ethyl adjacent to an activating group) is 2. The van der Waals surface area contributed by atoms with Crippen LogP contribution < -0.4 is 0 Å². The van der Waals surface area contributed by atoms with Gasteiger partial charge in [-0.15, -0.1) is 0 Å². The summed E-state index contributed by atoms with van der Waals surface area (Å²) < 4.78 is 0. The summed E-state index contributed by atoms with van der Waals surface area (Å²) in [5.74, 6) is 0.683. The Bertz CT molecular complexity index is 472. The second-order valence-corrected chi connectivity index (χ2v) is 6.90. The molecule has 1 aliphatic carbocycles. The molecule has 1 aromatic carbocycles. The Balaban J connectivity index is 1.71. The number of benzene rings is 1. The van der Waals surface area contributed by atoms with E-state index >= 15 is 0 Å². The first kappa shape index (κ1) is 15.0. The molecule has 1 heterocycles. The zero-order valence-electron chi connectivity index (χ0n) is 13.3. The Morgan fingerprint density at radius 2 is 1.95 bits per heavy atom. The quantitative estimate of drug-likeness (QED) is 0.922. The lowest BCUT2D eigenvalue weighted by atomic mass is 9.77. The molecule has 2 unspecified atom stereocenters. The van der Waals surface area contributed by atoms with Crippen LogP contribution in [-0.2, 0) is 0 Å². The molecule has 21 heavy (non-hydrogen) atoms. The molecule has 0 radical (unpaired) electrons. The summed E-state index contributed by atoms with van der Waals surface area (Å²) in [6.07, 6.45) is 4.42. The Morgan fingerprint density at radius 3 is 2.67 bits per heavy atom. The maximum Gasteiger partial charge on any atom is 0.0808 e. The zero-order valence-corrected chi connectivity index (χ0v) is 13.3. The van der Waals surface area contributed by atoms with E-state index in [4.69, 9.17) is 0 Å². The van der Waals surface area contributed by atoms with Gasteiger partial charge in [0.2, 0.25) is 0 Å². The fourth-order valence-electron chi connectivity index (χ4n) is 3.65. The highest BCUT2D eigenvalue weighted by Crippen LogP contribution is 2.40. The van der Waals surface area contributed by atoms with Crippen molar-refractivity contribution < 1.29 is 5.11 Å². The van der Waals surface area contributed by atoms with Crippen LogP contribution in [0.4, 0.5) is 0 Å². The minimum Gasteiger partial charge on any atom is -0.388 e. The first-order valence-corrected chi connectivity index (χ1v) is 8.31. The van der Waals surface area contributed by atoms with Crippen molar-refractivity contribution in [3.05, 3.63) is 35.4 Å². The number of aliphatic hydroxyl groups is 1. The summed E-state index contributed by atoms with van der Waals surface area (Å²) in [6.45, 7) is 3.28. The van der Waals surface area contributed by atoms with Crippen molar-refractivity contribution in [2.75, 3.05) is 33.7 Å². The standard InChI is InChI=1S/C18H28N2O/c1-19-10-11-20(2)15(13-19)12-18(21)17-9-4-3-8-16(17)14-6-5-7-14/h3-4,8-9,14-15,18,21H,5-7,10-13H2,1-2H3. The third-order valence-corrected chi connectivity index (χ3v) is 5.38. The molecule has 1 aromatic rings. The molecule has 1 aliphatic heterocycles. The van der Waals surface area contributed by atoms with Gasteiger partial charge >= 0.3 is 0 Å². The van der Waals surface area contributed by atoms with E-state index in [-0.39, 0.29) is 6.10 Å². The van der Waals surface area contributed by atoms with Crippen LogP contribution in [0.15, 0.2) is 24.3 Å². The molecular weight excluding hydrogens is 260 g/mol. The predicted octanol–water partition coefficient (Wildman–Crippen LogP) is 2.62. The summed E-state index contributed by atoms with van der Waals surface area (Å²) in [6, 6.07) is 8.99. The normalized spacial score (nSPS) is 26.5. The fraction of sp³-hybridized carbons (Fsp3) is 0.667. The molecule has 0 spiro atoms. The van der Waals surface area contributed by atoms with Crippen LogP contribution in [0.2, 0.25) is 0 Å². The summed E-state index contributed by atoms with van der Waals surface area (Å²) in [5.41, 5.74) is 2.56. The van der Waals surface area contributed by atoms with E-state index in [0.29, 0.717) is 12.0 Å². The van der Waals surface area contributed by atoms with Gasteiger partial charge in [0, 0.05) is 25.7 Å². The van der Waals surface area contributed by atoms with Crippen molar-refractivity contribution in [1.29, 1.82) is 0 Å². The van der Waals surface area contributed by atoms with Crippen molar-refractivity contribution in [3.63, 3.8) is 0 Å². The summed E-state index contributed by atoms with van der Waals surface area (Å²) in [5, 5.41) is 10.8. The fourth-order valence-corrected chi connectivity index (χ4v) is 3.65. The largest absolute Gasteiger partial charge is 0.388 e. The van der Waals surface area contributed by atoms with E-state index in [1.165, 1.54) is 30.4 Å². The topological polar surface area (TPSA) is 26.7 Å². The van der Waals surface area contributed by atoms with E-state index in [9.17, 15) is 5.11 Å². The van der Waals surface area contributed by atoms with Crippen molar-refractivity contribution in [2.24, 2.45) is 0 Å². The minimum absolute atomic E-state index is 0.333. The van der Waals surface area contributed by atoms with Crippen molar-refractivity contribution in [1.82, 2.24) is 9.80 Å². The number of piperazine rings is 1. The monoisotopic (exact) mass is 288 g/mol. The van der Waals surface area contributed by atoms with Crippen molar-refractivity contribution in [2.45, 2.75) is 43.7 Å². The van der Waals surface area contributed by atoms with Crippen LogP contribution in [0.25, 0.3) is 0 Å². The molecule has 1 saturated carbocycles. The molecule has 0 bridgehead atoms. The van der Waals surface area contributed by atoms with Gasteiger partial charge in [0.25, 0.3) is 0 Å². The molecule has 2 atom stereocenters. The van der Waals surface area contributed by atoms with E-state index < -0.39 is 0 Å². The Morgan fingerprint density at radius 1 is 1.19 bits per heavy atom. The Hall–Kier alpha value is -0.900. The van der Waals surface area contributed by atoms with Crippen molar-refractivity contribution >= 4 is 0 Å². The second kappa shape index (κ2) is 6.47. The molecule has 0 aromatic heterocycles. The van der Waals surface area contributed by atoms with E-state index in [1.54, 1.807) is 0 Å². The lowest BCUT2D eigenvalue weighted by molar-refractivity contribution is 0.0628. The van der Waals surface area contributed by atoms with Gasteiger partial charge in [-0.2, -0.15) is 0 Å². The summed E-state index contributed by atoms with van der Waals surface area (Å²) >= 11 is 0. The van der Waals surface area contributed by atoms with Crippen LogP contribution in [0.1, 0.15) is 48.8 Å². The lowest BCUT2D eigenvalue weighted by Crippen LogP contribution is -2.50. The number of nitrogens with zero attached hydrogens (tertiary/aromatic N) is 2. The molecule has 116 valence electrons. The maximum absolute atomic E-state index is 10.8. The highest BCUT2D eigenvalue weighted by atomic mass is 16.3. The van der Waals surface area contributed by atoms with Gasteiger partial charge in [-0.25, -0.2) is 0 Å². The first-order valence-electron chi connectivity index (χ1n) is 8.31. The smallest absolute Gasteiger partial charge is 0.0808 e. The van der Waals surface area contributed by atoms with Gasteiger partial charge < -0.3 is 14.9 Å². The molecule has 1 N–H and O–H groups in total. The zero-order chi connectivity index (χ0) is 14.8. The predicted molar refractivity (Wildman–Crippen MR) is 86.5 cm³/mol. The molecule has 3 nitrogen and oxygen atoms in total. The molecule has 2 aliphatic rings. The minimum atomic E-state index is -0.333. The highest BCUT2D eigenvalue weighted by Gasteiger charge is 2.28. The molecule has 3 rings (SSSR count). The number of aliphatic hydroxyl groups excluding tert-OH is 1. The Labute approximate surface area is 128 Å². The maximum atomic E-state index is 10.8. The third kappa shape index (κ3) is 3.31. The molecular formula is C18H28N2O. The van der Waals surface area contributed by atoms with Gasteiger partial charge in [0.1, 0.15) is 0 Å². The van der Waals surface area contributed by atoms with Gasteiger partial charge in [0.05, 0.1) is 6.10 Å². The first-order chi connectivity index (χ1) is 10.1. The van der Waals surface area contributed by atoms with Crippen LogP contribution in [0, 0.1) is 0 Å². The number of hydrogen-bond donors (Lipinski definition) is 1. The van der Waals surface area contributed by atoms with Crippen LogP contribution in [0.3, 0.4) is 0 Å². The van der Waals surface area contributed by atoms with Gasteiger partial charge in [-0.05, 0) is 50.4 Å². The molecule has 1 saturated heterocycles. The summed E-state index contributed by atoms with van der Waals surface area (Å²) in [4.78, 5) is 4.77. The molecule has 3 heteroatoms. The van der Waals surface area contributed by atoms with Gasteiger partial charge in [-0.3, -0.25) is 0 Å². The van der Waals surface area contributed by atoms with Crippen LogP contribution >= 0.6 is 0 Å². The molecule has 0 amide bonds. The SMILES string of the molecule is CN1CCN(C)C(CC(O)c2ccccc2C2CCC2)C1. The second-order valence-electron chi connectivity index (χ2n) is 6.90. The average Bonchev–Trinajstić information content (AvgIpc) is 2.41. The van der Waals surface area contributed by atoms with E-state index in [0.717, 1.165) is 26.1 Å². The molecule has 2 fully saturated rings. The average molecular weight is 288 g/mol. The number of hydrogen-bond acceptors (Lipinski definition) is 3. The third-order valence-electron chi connectivity index (χ3n) is 5.38. The summed E-state index contributed by atoms with van der Waals surface area (Å²) in [7, 11) is 4.36. The highest BCUT2D eigenvalue weighted by molar-refractivity contribution is 5.33. The van der Waals surface area contributed by atoms with Gasteiger partial charge in [0.15, 0.2) is 0 Å². The van der Waals surface area contributed by atoms with E-state index in [2.05, 4.69) is 48.2 Å². The van der Waals surface area contributed by atoms with Crippen LogP contribution in [0.5, 0.6) is 0 Å². The van der Waals surface area contributed by atoms with Crippen molar-refractivity contribution in [3.8, 4) is 0 Å². The number of rotatable bonds is 4. The Kier molecular flexibility index (Phi) is 4.63. The van der Waals surface area contributed by atoms with Gasteiger partial charge in [-0.1, -0.05) is 30.7 Å². The van der Waals surface area contributed by atoms with E-state index in [1.807, 2.05) is 0 Å². The lowest BCUT2D eigenvalue weighted by Gasteiger charge is -2.39. The van der Waals surface area contributed by atoms with Crippen LogP contribution in [-0.4, -0.2) is 54.7 Å².